The van der Waals surface area contributed by atoms with Crippen molar-refractivity contribution in [3.8, 4) is 5.75 Å². The smallest absolute Gasteiger partial charge is 0.128 e. The molecular formula is C18H11O10S3-3. The summed E-state index contributed by atoms with van der Waals surface area (Å²) in [6.45, 7) is 1.69. The van der Waals surface area contributed by atoms with Gasteiger partial charge < -0.3 is 18.4 Å². The Balaban J connectivity index is 2.43. The summed E-state index contributed by atoms with van der Waals surface area (Å²) in [5, 5.41) is -0.534. The zero-order valence-electron chi connectivity index (χ0n) is 15.5. The number of hydrogen-bond donors (Lipinski definition) is 0. The molecule has 0 aromatic heterocycles. The van der Waals surface area contributed by atoms with Crippen molar-refractivity contribution in [3.63, 3.8) is 0 Å². The van der Waals surface area contributed by atoms with Gasteiger partial charge in [-0.2, -0.15) is 0 Å². The van der Waals surface area contributed by atoms with Crippen molar-refractivity contribution in [1.29, 1.82) is 0 Å². The zero-order chi connectivity index (χ0) is 22.9. The summed E-state index contributed by atoms with van der Waals surface area (Å²) in [6, 6.07) is 6.32. The van der Waals surface area contributed by atoms with Gasteiger partial charge in [0.25, 0.3) is 0 Å². The topological polar surface area (TPSA) is 181 Å². The third-order valence-corrected chi connectivity index (χ3v) is 7.48. The maximum absolute atomic E-state index is 11.9. The molecule has 0 fully saturated rings. The third kappa shape index (κ3) is 3.39. The highest BCUT2D eigenvalue weighted by atomic mass is 32.2. The van der Waals surface area contributed by atoms with Crippen molar-refractivity contribution in [1.82, 2.24) is 0 Å². The van der Waals surface area contributed by atoms with E-state index in [1.807, 2.05) is 0 Å². The Morgan fingerprint density at radius 1 is 0.645 bits per heavy atom. The molecule has 0 aliphatic heterocycles. The van der Waals surface area contributed by atoms with Crippen LogP contribution in [0.5, 0.6) is 5.75 Å². The SMILES string of the molecule is CCOc1cc(S(=O)(=O)[O-])c2ccc3c(S(=O)(=O)[O-])cc(S(=O)(=O)[O-])c4ccc1c2c43. The van der Waals surface area contributed by atoms with Crippen LogP contribution in [0.4, 0.5) is 0 Å². The molecule has 0 saturated heterocycles. The molecule has 0 spiro atoms. The van der Waals surface area contributed by atoms with Crippen LogP contribution in [0.15, 0.2) is 51.1 Å². The van der Waals surface area contributed by atoms with Crippen LogP contribution in [-0.2, 0) is 30.4 Å². The van der Waals surface area contributed by atoms with E-state index in [4.69, 9.17) is 4.74 Å². The minimum absolute atomic E-state index is 0.0224. The first-order valence-electron chi connectivity index (χ1n) is 8.54. The lowest BCUT2D eigenvalue weighted by atomic mass is 9.93. The van der Waals surface area contributed by atoms with Crippen molar-refractivity contribution in [2.45, 2.75) is 21.6 Å². The molecule has 164 valence electrons. The van der Waals surface area contributed by atoms with E-state index in [9.17, 15) is 38.9 Å². The summed E-state index contributed by atoms with van der Waals surface area (Å²) >= 11 is 0. The van der Waals surface area contributed by atoms with Crippen LogP contribution in [0, 0.1) is 0 Å². The predicted molar refractivity (Wildman–Crippen MR) is 105 cm³/mol. The van der Waals surface area contributed by atoms with Crippen LogP contribution in [-0.4, -0.2) is 45.5 Å². The summed E-state index contributed by atoms with van der Waals surface area (Å²) < 4.78 is 112. The van der Waals surface area contributed by atoms with Crippen LogP contribution >= 0.6 is 0 Å². The average molecular weight is 483 g/mol. The van der Waals surface area contributed by atoms with Gasteiger partial charge in [-0.1, -0.05) is 18.2 Å². The standard InChI is InChI=1S/C18H14O10S3/c1-2-28-13-7-14(29(19,20)21)10-5-6-12-16(31(25,26)27)8-15(30(22,23)24)11-4-3-9(13)17(10)18(11)12/h3-8H,2H2,1H3,(H,19,20,21)(H,22,23,24)(H,25,26,27)/p-3. The molecular weight excluding hydrogens is 472 g/mol. The Morgan fingerprint density at radius 2 is 1.00 bits per heavy atom. The molecule has 31 heavy (non-hydrogen) atoms. The minimum Gasteiger partial charge on any atom is -0.744 e. The number of benzene rings is 4. The van der Waals surface area contributed by atoms with Gasteiger partial charge in [-0.05, 0) is 25.1 Å². The summed E-state index contributed by atoms with van der Waals surface area (Å²) in [5.41, 5.74) is 0. The van der Waals surface area contributed by atoms with Crippen molar-refractivity contribution in [2.24, 2.45) is 0 Å². The molecule has 0 aliphatic carbocycles. The first kappa shape index (κ1) is 21.7. The monoisotopic (exact) mass is 483 g/mol. The zero-order valence-corrected chi connectivity index (χ0v) is 17.9. The van der Waals surface area contributed by atoms with Gasteiger partial charge >= 0.3 is 0 Å². The predicted octanol–water partition coefficient (Wildman–Crippen LogP) is 1.70. The fourth-order valence-electron chi connectivity index (χ4n) is 3.76. The van der Waals surface area contributed by atoms with Crippen LogP contribution in [0.25, 0.3) is 32.3 Å². The van der Waals surface area contributed by atoms with Crippen LogP contribution in [0.1, 0.15) is 6.92 Å². The molecule has 0 atom stereocenters. The van der Waals surface area contributed by atoms with Crippen molar-refractivity contribution in [3.05, 3.63) is 36.4 Å². The molecule has 4 rings (SSSR count). The molecule has 0 bridgehead atoms. The molecule has 13 heteroatoms. The highest BCUT2D eigenvalue weighted by molar-refractivity contribution is 7.87. The molecule has 0 N–H and O–H groups in total. The maximum Gasteiger partial charge on any atom is 0.128 e. The normalized spacial score (nSPS) is 13.4. The van der Waals surface area contributed by atoms with Gasteiger partial charge in [0.1, 0.15) is 36.1 Å². The molecule has 0 heterocycles. The second-order valence-corrected chi connectivity index (χ2v) is 10.7. The lowest BCUT2D eigenvalue weighted by Gasteiger charge is -2.22. The second kappa shape index (κ2) is 6.72. The Morgan fingerprint density at radius 3 is 1.39 bits per heavy atom. The fourth-order valence-corrected chi connectivity index (χ4v) is 5.93. The van der Waals surface area contributed by atoms with E-state index in [0.29, 0.717) is 6.07 Å². The minimum atomic E-state index is -5.23. The molecule has 4 aromatic carbocycles. The number of rotatable bonds is 5. The largest absolute Gasteiger partial charge is 0.744 e. The Kier molecular flexibility index (Phi) is 4.70. The van der Waals surface area contributed by atoms with E-state index < -0.39 is 45.0 Å². The van der Waals surface area contributed by atoms with Gasteiger partial charge in [0, 0.05) is 32.3 Å². The lowest BCUT2D eigenvalue weighted by molar-refractivity contribution is 0.343. The summed E-state index contributed by atoms with van der Waals surface area (Å²) in [4.78, 5) is -2.60. The Hall–Kier alpha value is -2.55. The first-order chi connectivity index (χ1) is 14.2. The quantitative estimate of drug-likeness (QED) is 0.299. The second-order valence-electron chi connectivity index (χ2n) is 6.61. The fraction of sp³-hybridized carbons (Fsp3) is 0.111. The highest BCUT2D eigenvalue weighted by Gasteiger charge is 2.23. The van der Waals surface area contributed by atoms with Gasteiger partial charge in [0.2, 0.25) is 0 Å². The lowest BCUT2D eigenvalue weighted by Crippen LogP contribution is -2.07. The average Bonchev–Trinajstić information content (AvgIpc) is 2.63. The molecule has 0 radical (unpaired) electrons. The number of hydrogen-bond acceptors (Lipinski definition) is 10. The summed E-state index contributed by atoms with van der Waals surface area (Å²) in [7, 11) is -15.5. The van der Waals surface area contributed by atoms with E-state index in [1.54, 1.807) is 6.92 Å². The van der Waals surface area contributed by atoms with Gasteiger partial charge in [0.05, 0.1) is 21.3 Å². The molecule has 0 aliphatic rings. The van der Waals surface area contributed by atoms with E-state index in [-0.39, 0.29) is 44.7 Å². The van der Waals surface area contributed by atoms with E-state index in [0.717, 1.165) is 18.2 Å². The van der Waals surface area contributed by atoms with Crippen molar-refractivity contribution in [2.75, 3.05) is 6.61 Å². The van der Waals surface area contributed by atoms with Gasteiger partial charge in [-0.15, -0.1) is 0 Å². The molecule has 10 nitrogen and oxygen atoms in total. The van der Waals surface area contributed by atoms with E-state index >= 15 is 0 Å². The number of ether oxygens (including phenoxy) is 1. The highest BCUT2D eigenvalue weighted by Crippen LogP contribution is 2.45. The van der Waals surface area contributed by atoms with Crippen molar-refractivity contribution < 1.29 is 43.6 Å². The third-order valence-electron chi connectivity index (χ3n) is 4.85. The van der Waals surface area contributed by atoms with Crippen LogP contribution in [0.2, 0.25) is 0 Å². The van der Waals surface area contributed by atoms with Crippen molar-refractivity contribution >= 4 is 62.7 Å². The van der Waals surface area contributed by atoms with Gasteiger partial charge in [-0.3, -0.25) is 0 Å². The van der Waals surface area contributed by atoms with Gasteiger partial charge in [-0.25, -0.2) is 25.3 Å². The summed E-state index contributed by atoms with van der Waals surface area (Å²) in [6.07, 6.45) is 0. The first-order valence-corrected chi connectivity index (χ1v) is 12.8. The van der Waals surface area contributed by atoms with E-state index in [1.165, 1.54) is 12.1 Å². The molecule has 0 saturated carbocycles. The van der Waals surface area contributed by atoms with Crippen LogP contribution < -0.4 is 4.74 Å². The molecule has 0 amide bonds. The molecule has 4 aromatic rings. The Bertz CT molecular complexity index is 1650. The maximum atomic E-state index is 11.9. The van der Waals surface area contributed by atoms with Crippen LogP contribution in [0.3, 0.4) is 0 Å². The Labute approximate surface area is 176 Å². The molecule has 0 unspecified atom stereocenters. The van der Waals surface area contributed by atoms with E-state index in [2.05, 4.69) is 0 Å². The summed E-state index contributed by atoms with van der Waals surface area (Å²) in [5.74, 6) is -0.0271. The van der Waals surface area contributed by atoms with Gasteiger partial charge in [0.15, 0.2) is 0 Å².